The van der Waals surface area contributed by atoms with Crippen LogP contribution >= 0.6 is 0 Å². The van der Waals surface area contributed by atoms with Crippen molar-refractivity contribution in [3.05, 3.63) is 34.4 Å². The minimum absolute atomic E-state index is 0.562. The summed E-state index contributed by atoms with van der Waals surface area (Å²) < 4.78 is 0. The second-order valence-electron chi connectivity index (χ2n) is 6.80. The molecule has 1 saturated heterocycles. The third-order valence-corrected chi connectivity index (χ3v) is 4.95. The molecule has 1 heterocycles. The van der Waals surface area contributed by atoms with Crippen molar-refractivity contribution in [1.82, 2.24) is 10.2 Å². The van der Waals surface area contributed by atoms with E-state index in [4.69, 9.17) is 0 Å². The van der Waals surface area contributed by atoms with E-state index in [2.05, 4.69) is 57.1 Å². The molecule has 2 rings (SSSR count). The highest BCUT2D eigenvalue weighted by molar-refractivity contribution is 5.40. The van der Waals surface area contributed by atoms with Gasteiger partial charge in [-0.05, 0) is 82.9 Å². The summed E-state index contributed by atoms with van der Waals surface area (Å²) in [7, 11) is 2.31. The first-order valence-corrected chi connectivity index (χ1v) is 8.53. The van der Waals surface area contributed by atoms with Gasteiger partial charge in [0.1, 0.15) is 0 Å². The molecule has 1 N–H and O–H groups in total. The second-order valence-corrected chi connectivity index (χ2v) is 6.80. The Labute approximate surface area is 130 Å². The fourth-order valence-electron chi connectivity index (χ4n) is 4.08. The summed E-state index contributed by atoms with van der Waals surface area (Å²) in [5.74, 6) is 0.720. The first-order valence-electron chi connectivity index (χ1n) is 8.53. The summed E-state index contributed by atoms with van der Waals surface area (Å²) in [5, 5.41) is 3.59. The summed E-state index contributed by atoms with van der Waals surface area (Å²) in [6.45, 7) is 12.4. The number of nitrogens with one attached hydrogen (secondary N) is 1. The zero-order valence-corrected chi connectivity index (χ0v) is 14.5. The molecule has 118 valence electrons. The van der Waals surface area contributed by atoms with Gasteiger partial charge in [0.15, 0.2) is 0 Å². The molecule has 1 aliphatic rings. The van der Waals surface area contributed by atoms with Gasteiger partial charge in [-0.1, -0.05) is 31.0 Å². The van der Waals surface area contributed by atoms with E-state index in [1.54, 1.807) is 5.56 Å². The summed E-state index contributed by atoms with van der Waals surface area (Å²) in [6.07, 6.45) is 4.04. The van der Waals surface area contributed by atoms with Crippen LogP contribution in [0, 0.1) is 26.7 Å². The number of rotatable bonds is 4. The van der Waals surface area contributed by atoms with E-state index in [1.807, 2.05) is 0 Å². The molecule has 0 aromatic heterocycles. The average Bonchev–Trinajstić information content (AvgIpc) is 2.58. The van der Waals surface area contributed by atoms with Crippen molar-refractivity contribution in [2.75, 3.05) is 26.7 Å². The Kier molecular flexibility index (Phi) is 5.83. The standard InChI is InChI=1S/C19H32N2/c1-6-20-13-17-9-7-8-10-21(5)19(17)18-15(3)11-14(2)12-16(18)4/h11-12,17,19-20H,6-10,13H2,1-5H3. The number of likely N-dealkylation sites (tertiary alicyclic amines) is 1. The first-order chi connectivity index (χ1) is 10.0. The van der Waals surface area contributed by atoms with Crippen LogP contribution in [0.4, 0.5) is 0 Å². The molecule has 0 saturated carbocycles. The quantitative estimate of drug-likeness (QED) is 0.901. The number of nitrogens with zero attached hydrogens (tertiary/aromatic N) is 1. The number of hydrogen-bond donors (Lipinski definition) is 1. The molecule has 1 aromatic rings. The van der Waals surface area contributed by atoms with Crippen molar-refractivity contribution < 1.29 is 0 Å². The molecule has 2 atom stereocenters. The lowest BCUT2D eigenvalue weighted by atomic mass is 9.84. The minimum Gasteiger partial charge on any atom is -0.317 e. The Bertz CT molecular complexity index is 444. The van der Waals surface area contributed by atoms with Crippen molar-refractivity contribution in [3.8, 4) is 0 Å². The second kappa shape index (κ2) is 7.42. The lowest BCUT2D eigenvalue weighted by Gasteiger charge is -2.35. The maximum absolute atomic E-state index is 3.59. The molecule has 0 spiro atoms. The molecule has 2 unspecified atom stereocenters. The van der Waals surface area contributed by atoms with Crippen LogP contribution in [0.5, 0.6) is 0 Å². The normalized spacial score (nSPS) is 24.0. The van der Waals surface area contributed by atoms with Crippen molar-refractivity contribution in [3.63, 3.8) is 0 Å². The molecule has 2 nitrogen and oxygen atoms in total. The molecular formula is C19H32N2. The van der Waals surface area contributed by atoms with Crippen molar-refractivity contribution in [1.29, 1.82) is 0 Å². The summed E-state index contributed by atoms with van der Waals surface area (Å²) in [4.78, 5) is 2.60. The van der Waals surface area contributed by atoms with Gasteiger partial charge >= 0.3 is 0 Å². The van der Waals surface area contributed by atoms with Crippen LogP contribution < -0.4 is 5.32 Å². The van der Waals surface area contributed by atoms with Crippen LogP contribution in [0.1, 0.15) is 54.5 Å². The van der Waals surface area contributed by atoms with Gasteiger partial charge < -0.3 is 5.32 Å². The van der Waals surface area contributed by atoms with Crippen LogP contribution in [0.3, 0.4) is 0 Å². The largest absolute Gasteiger partial charge is 0.317 e. The Hall–Kier alpha value is -0.860. The van der Waals surface area contributed by atoms with Gasteiger partial charge in [0, 0.05) is 6.04 Å². The van der Waals surface area contributed by atoms with E-state index in [9.17, 15) is 0 Å². The topological polar surface area (TPSA) is 15.3 Å². The average molecular weight is 288 g/mol. The lowest BCUT2D eigenvalue weighted by molar-refractivity contribution is 0.188. The highest BCUT2D eigenvalue weighted by atomic mass is 15.1. The molecule has 1 fully saturated rings. The predicted octanol–water partition coefficient (Wildman–Crippen LogP) is 3.99. The molecule has 1 aliphatic heterocycles. The summed E-state index contributed by atoms with van der Waals surface area (Å²) in [5.41, 5.74) is 5.89. The number of hydrogen-bond acceptors (Lipinski definition) is 2. The van der Waals surface area contributed by atoms with Gasteiger partial charge in [-0.25, -0.2) is 0 Å². The Morgan fingerprint density at radius 2 is 1.81 bits per heavy atom. The molecule has 0 amide bonds. The van der Waals surface area contributed by atoms with E-state index in [1.165, 1.54) is 42.5 Å². The predicted molar refractivity (Wildman–Crippen MR) is 91.9 cm³/mol. The van der Waals surface area contributed by atoms with E-state index in [0.717, 1.165) is 19.0 Å². The monoisotopic (exact) mass is 288 g/mol. The van der Waals surface area contributed by atoms with Gasteiger partial charge in [0.25, 0.3) is 0 Å². The van der Waals surface area contributed by atoms with Crippen LogP contribution in [0.15, 0.2) is 12.1 Å². The van der Waals surface area contributed by atoms with Gasteiger partial charge in [-0.2, -0.15) is 0 Å². The van der Waals surface area contributed by atoms with E-state index < -0.39 is 0 Å². The van der Waals surface area contributed by atoms with Crippen molar-refractivity contribution >= 4 is 0 Å². The maximum atomic E-state index is 3.59. The molecule has 21 heavy (non-hydrogen) atoms. The van der Waals surface area contributed by atoms with Crippen molar-refractivity contribution in [2.24, 2.45) is 5.92 Å². The Morgan fingerprint density at radius 1 is 1.14 bits per heavy atom. The molecule has 0 aliphatic carbocycles. The van der Waals surface area contributed by atoms with Crippen LogP contribution in [-0.4, -0.2) is 31.6 Å². The SMILES string of the molecule is CCNCC1CCCCN(C)C1c1c(C)cc(C)cc1C. The molecule has 2 heteroatoms. The smallest absolute Gasteiger partial charge is 0.0390 e. The highest BCUT2D eigenvalue weighted by Crippen LogP contribution is 2.37. The molecule has 1 aromatic carbocycles. The van der Waals surface area contributed by atoms with Crippen LogP contribution in [0.2, 0.25) is 0 Å². The summed E-state index contributed by atoms with van der Waals surface area (Å²) >= 11 is 0. The molecular weight excluding hydrogens is 256 g/mol. The Balaban J connectivity index is 2.39. The molecule has 0 radical (unpaired) electrons. The third-order valence-electron chi connectivity index (χ3n) is 4.95. The number of benzene rings is 1. The first kappa shape index (κ1) is 16.5. The van der Waals surface area contributed by atoms with Gasteiger partial charge in [-0.3, -0.25) is 4.90 Å². The fraction of sp³-hybridized carbons (Fsp3) is 0.684. The van der Waals surface area contributed by atoms with Crippen molar-refractivity contribution in [2.45, 2.75) is 53.0 Å². The van der Waals surface area contributed by atoms with Gasteiger partial charge in [0.05, 0.1) is 0 Å². The third kappa shape index (κ3) is 3.87. The Morgan fingerprint density at radius 3 is 2.43 bits per heavy atom. The summed E-state index contributed by atoms with van der Waals surface area (Å²) in [6, 6.07) is 5.27. The maximum Gasteiger partial charge on any atom is 0.0390 e. The van der Waals surface area contributed by atoms with Gasteiger partial charge in [-0.15, -0.1) is 0 Å². The van der Waals surface area contributed by atoms with E-state index >= 15 is 0 Å². The minimum atomic E-state index is 0.562. The molecule has 0 bridgehead atoms. The lowest BCUT2D eigenvalue weighted by Crippen LogP contribution is -2.35. The van der Waals surface area contributed by atoms with Gasteiger partial charge in [0.2, 0.25) is 0 Å². The fourth-order valence-corrected chi connectivity index (χ4v) is 4.08. The zero-order valence-electron chi connectivity index (χ0n) is 14.5. The number of aryl methyl sites for hydroxylation is 3. The van der Waals surface area contributed by atoms with E-state index in [0.29, 0.717) is 6.04 Å². The van der Waals surface area contributed by atoms with Crippen LogP contribution in [0.25, 0.3) is 0 Å². The van der Waals surface area contributed by atoms with Crippen LogP contribution in [-0.2, 0) is 0 Å². The van der Waals surface area contributed by atoms with E-state index in [-0.39, 0.29) is 0 Å². The highest BCUT2D eigenvalue weighted by Gasteiger charge is 2.30. The zero-order chi connectivity index (χ0) is 15.4.